The Hall–Kier alpha value is -0.860. The molecule has 2 N–H and O–H groups in total. The Morgan fingerprint density at radius 1 is 1.12 bits per heavy atom. The van der Waals surface area contributed by atoms with Crippen molar-refractivity contribution in [2.45, 2.75) is 49.7 Å². The van der Waals surface area contributed by atoms with Gasteiger partial charge < -0.3 is 10.5 Å². The number of rotatable bonds is 4. The van der Waals surface area contributed by atoms with Crippen molar-refractivity contribution in [3.63, 3.8) is 0 Å². The highest BCUT2D eigenvalue weighted by molar-refractivity contribution is 5.45. The molecule has 0 bridgehead atoms. The minimum absolute atomic E-state index is 0.00106. The Kier molecular flexibility index (Phi) is 2.36. The van der Waals surface area contributed by atoms with Gasteiger partial charge in [-0.1, -0.05) is 24.3 Å². The number of benzene rings is 1. The molecule has 92 valence electrons. The Labute approximate surface area is 103 Å². The lowest BCUT2D eigenvalue weighted by Gasteiger charge is -2.26. The molecule has 0 amide bonds. The van der Waals surface area contributed by atoms with Crippen LogP contribution in [0, 0.1) is 0 Å². The molecule has 0 spiro atoms. The van der Waals surface area contributed by atoms with Crippen molar-refractivity contribution in [1.29, 1.82) is 0 Å². The van der Waals surface area contributed by atoms with E-state index in [4.69, 9.17) is 10.5 Å². The van der Waals surface area contributed by atoms with E-state index in [1.807, 2.05) is 7.11 Å². The van der Waals surface area contributed by atoms with Gasteiger partial charge in [0.05, 0.1) is 5.60 Å². The van der Waals surface area contributed by atoms with Crippen molar-refractivity contribution in [2.75, 3.05) is 7.11 Å². The van der Waals surface area contributed by atoms with E-state index in [-0.39, 0.29) is 17.1 Å². The fourth-order valence-corrected chi connectivity index (χ4v) is 3.12. The predicted molar refractivity (Wildman–Crippen MR) is 68.9 cm³/mol. The first-order valence-corrected chi connectivity index (χ1v) is 6.55. The summed E-state index contributed by atoms with van der Waals surface area (Å²) in [6.45, 7) is 2.14. The Morgan fingerprint density at radius 2 is 1.71 bits per heavy atom. The van der Waals surface area contributed by atoms with Crippen LogP contribution in [0.15, 0.2) is 24.3 Å². The molecule has 1 aromatic rings. The predicted octanol–water partition coefficient (Wildman–Crippen LogP) is 2.70. The van der Waals surface area contributed by atoms with Crippen molar-refractivity contribution < 1.29 is 4.74 Å². The molecule has 0 heterocycles. The molecule has 2 heteroatoms. The molecular weight excluding hydrogens is 210 g/mol. The molecule has 1 unspecified atom stereocenters. The first-order valence-electron chi connectivity index (χ1n) is 6.55. The van der Waals surface area contributed by atoms with Gasteiger partial charge in [0.25, 0.3) is 0 Å². The number of hydrogen-bond donors (Lipinski definition) is 1. The Morgan fingerprint density at radius 3 is 2.12 bits per heavy atom. The van der Waals surface area contributed by atoms with Crippen LogP contribution in [-0.2, 0) is 15.8 Å². The molecule has 2 saturated carbocycles. The quantitative estimate of drug-likeness (QED) is 0.864. The SMILES string of the molecule is COC1(c2ccccc2C2(C(C)N)CC2)CC1. The van der Waals surface area contributed by atoms with Gasteiger partial charge in [0.15, 0.2) is 0 Å². The second-order valence-electron chi connectivity index (χ2n) is 5.69. The summed E-state index contributed by atoms with van der Waals surface area (Å²) < 4.78 is 5.74. The second kappa shape index (κ2) is 3.56. The zero-order valence-corrected chi connectivity index (χ0v) is 10.7. The fraction of sp³-hybridized carbons (Fsp3) is 0.600. The maximum Gasteiger partial charge on any atom is 0.0932 e. The topological polar surface area (TPSA) is 35.2 Å². The molecule has 1 aromatic carbocycles. The number of nitrogens with two attached hydrogens (primary N) is 1. The van der Waals surface area contributed by atoms with Gasteiger partial charge in [0.2, 0.25) is 0 Å². The molecule has 17 heavy (non-hydrogen) atoms. The van der Waals surface area contributed by atoms with E-state index < -0.39 is 0 Å². The zero-order chi connectivity index (χ0) is 12.1. The summed E-state index contributed by atoms with van der Waals surface area (Å²) >= 11 is 0. The van der Waals surface area contributed by atoms with Crippen LogP contribution in [-0.4, -0.2) is 13.2 Å². The van der Waals surface area contributed by atoms with Crippen LogP contribution in [0.1, 0.15) is 43.7 Å². The van der Waals surface area contributed by atoms with Gasteiger partial charge in [0, 0.05) is 18.6 Å². The number of ether oxygens (including phenoxy) is 1. The lowest BCUT2D eigenvalue weighted by Crippen LogP contribution is -2.33. The smallest absolute Gasteiger partial charge is 0.0932 e. The minimum Gasteiger partial charge on any atom is -0.374 e. The lowest BCUT2D eigenvalue weighted by molar-refractivity contribution is 0.0775. The van der Waals surface area contributed by atoms with Crippen LogP contribution in [0.5, 0.6) is 0 Å². The number of hydrogen-bond acceptors (Lipinski definition) is 2. The maximum absolute atomic E-state index is 6.20. The molecule has 0 aromatic heterocycles. The van der Waals surface area contributed by atoms with Gasteiger partial charge >= 0.3 is 0 Å². The molecule has 1 atom stereocenters. The zero-order valence-electron chi connectivity index (χ0n) is 10.7. The third-order valence-electron chi connectivity index (χ3n) is 4.71. The average Bonchev–Trinajstić information content (AvgIpc) is 3.23. The summed E-state index contributed by atoms with van der Waals surface area (Å²) in [4.78, 5) is 0. The van der Waals surface area contributed by atoms with Gasteiger partial charge in [-0.2, -0.15) is 0 Å². The summed E-state index contributed by atoms with van der Waals surface area (Å²) in [5.41, 5.74) is 9.25. The molecule has 0 radical (unpaired) electrons. The van der Waals surface area contributed by atoms with E-state index in [9.17, 15) is 0 Å². The summed E-state index contributed by atoms with van der Waals surface area (Å²) in [6, 6.07) is 8.97. The first-order chi connectivity index (χ1) is 8.15. The van der Waals surface area contributed by atoms with E-state index in [0.29, 0.717) is 0 Å². The molecule has 2 nitrogen and oxygen atoms in total. The third kappa shape index (κ3) is 1.54. The van der Waals surface area contributed by atoms with Crippen LogP contribution in [0.3, 0.4) is 0 Å². The van der Waals surface area contributed by atoms with Gasteiger partial charge in [-0.25, -0.2) is 0 Å². The standard InChI is InChI=1S/C15H21NO/c1-11(16)14(7-8-14)12-5-3-4-6-13(12)15(17-2)9-10-15/h3-6,11H,7-10,16H2,1-2H3. The fourth-order valence-electron chi connectivity index (χ4n) is 3.12. The largest absolute Gasteiger partial charge is 0.374 e. The van der Waals surface area contributed by atoms with Crippen LogP contribution < -0.4 is 5.73 Å². The molecule has 0 saturated heterocycles. The Bertz CT molecular complexity index is 430. The van der Waals surface area contributed by atoms with E-state index >= 15 is 0 Å². The van der Waals surface area contributed by atoms with E-state index in [1.54, 1.807) is 0 Å². The molecule has 2 aliphatic rings. The van der Waals surface area contributed by atoms with Gasteiger partial charge in [-0.05, 0) is 43.7 Å². The third-order valence-corrected chi connectivity index (χ3v) is 4.71. The Balaban J connectivity index is 2.06. The van der Waals surface area contributed by atoms with Crippen molar-refractivity contribution in [3.05, 3.63) is 35.4 Å². The highest BCUT2D eigenvalue weighted by Gasteiger charge is 2.53. The van der Waals surface area contributed by atoms with Crippen LogP contribution in [0.2, 0.25) is 0 Å². The van der Waals surface area contributed by atoms with E-state index in [0.717, 1.165) is 12.8 Å². The molecular formula is C15H21NO. The molecule has 2 fully saturated rings. The second-order valence-corrected chi connectivity index (χ2v) is 5.69. The normalized spacial score (nSPS) is 25.4. The average molecular weight is 231 g/mol. The lowest BCUT2D eigenvalue weighted by atomic mass is 9.84. The summed E-state index contributed by atoms with van der Waals surface area (Å²) in [5.74, 6) is 0. The monoisotopic (exact) mass is 231 g/mol. The van der Waals surface area contributed by atoms with Crippen LogP contribution >= 0.6 is 0 Å². The van der Waals surface area contributed by atoms with Crippen LogP contribution in [0.4, 0.5) is 0 Å². The van der Waals surface area contributed by atoms with Gasteiger partial charge in [0.1, 0.15) is 0 Å². The maximum atomic E-state index is 6.20. The van der Waals surface area contributed by atoms with Gasteiger partial charge in [-0.15, -0.1) is 0 Å². The molecule has 0 aliphatic heterocycles. The summed E-state index contributed by atoms with van der Waals surface area (Å²) in [7, 11) is 1.83. The van der Waals surface area contributed by atoms with Crippen molar-refractivity contribution in [1.82, 2.24) is 0 Å². The highest BCUT2D eigenvalue weighted by atomic mass is 16.5. The minimum atomic E-state index is 0.00106. The van der Waals surface area contributed by atoms with Crippen molar-refractivity contribution in [2.24, 2.45) is 5.73 Å². The van der Waals surface area contributed by atoms with Crippen molar-refractivity contribution in [3.8, 4) is 0 Å². The van der Waals surface area contributed by atoms with Crippen LogP contribution in [0.25, 0.3) is 0 Å². The summed E-state index contributed by atoms with van der Waals surface area (Å²) in [6.07, 6.45) is 4.74. The highest BCUT2D eigenvalue weighted by Crippen LogP contribution is 2.57. The molecule has 2 aliphatic carbocycles. The first kappa shape index (κ1) is 11.2. The summed E-state index contributed by atoms with van der Waals surface area (Å²) in [5, 5.41) is 0. The van der Waals surface area contributed by atoms with Crippen molar-refractivity contribution >= 4 is 0 Å². The molecule has 3 rings (SSSR count). The van der Waals surface area contributed by atoms with E-state index in [2.05, 4.69) is 31.2 Å². The van der Waals surface area contributed by atoms with Gasteiger partial charge in [-0.3, -0.25) is 0 Å². The van der Waals surface area contributed by atoms with E-state index in [1.165, 1.54) is 24.0 Å². The number of methoxy groups -OCH3 is 1.